The van der Waals surface area contributed by atoms with E-state index in [-0.39, 0.29) is 0 Å². The van der Waals surface area contributed by atoms with Gasteiger partial charge in [-0.3, -0.25) is 4.90 Å². The lowest BCUT2D eigenvalue weighted by Crippen LogP contribution is -2.47. The van der Waals surface area contributed by atoms with E-state index in [1.54, 1.807) is 0 Å². The lowest BCUT2D eigenvalue weighted by Gasteiger charge is -2.33. The van der Waals surface area contributed by atoms with Crippen LogP contribution < -0.4 is 4.74 Å². The summed E-state index contributed by atoms with van der Waals surface area (Å²) in [6.07, 6.45) is 1.18. The molecular weight excluding hydrogens is 260 g/mol. The predicted octanol–water partition coefficient (Wildman–Crippen LogP) is 3.22. The molecule has 21 heavy (non-hydrogen) atoms. The zero-order valence-electron chi connectivity index (χ0n) is 13.8. The quantitative estimate of drug-likeness (QED) is 0.767. The summed E-state index contributed by atoms with van der Waals surface area (Å²) < 4.78 is 5.88. The smallest absolute Gasteiger partial charge is 0.119 e. The third-order valence-corrected chi connectivity index (χ3v) is 4.65. The second-order valence-electron chi connectivity index (χ2n) is 6.00. The van der Waals surface area contributed by atoms with Crippen LogP contribution in [0.4, 0.5) is 0 Å². The highest BCUT2D eigenvalue weighted by molar-refractivity contribution is 5.29. The summed E-state index contributed by atoms with van der Waals surface area (Å²) in [7, 11) is 0. The molecule has 0 bridgehead atoms. The number of benzene rings is 1. The summed E-state index contributed by atoms with van der Waals surface area (Å²) in [5.41, 5.74) is 1.40. The van der Waals surface area contributed by atoms with Crippen molar-refractivity contribution in [3.05, 3.63) is 29.8 Å². The fraction of sp³-hybridized carbons (Fsp3) is 0.667. The summed E-state index contributed by atoms with van der Waals surface area (Å²) in [6, 6.07) is 8.61. The van der Waals surface area contributed by atoms with Crippen LogP contribution in [0.3, 0.4) is 0 Å². The Morgan fingerprint density at radius 2 is 1.62 bits per heavy atom. The minimum absolute atomic E-state index is 0.633. The molecule has 118 valence electrons. The summed E-state index contributed by atoms with van der Waals surface area (Å²) in [6.45, 7) is 14.5. The molecule has 1 fully saturated rings. The largest absolute Gasteiger partial charge is 0.492 e. The van der Waals surface area contributed by atoms with Crippen LogP contribution in [0.15, 0.2) is 24.3 Å². The molecule has 1 aliphatic heterocycles. The summed E-state index contributed by atoms with van der Waals surface area (Å²) in [5, 5.41) is 0. The Morgan fingerprint density at radius 1 is 1.00 bits per heavy atom. The Balaban J connectivity index is 1.69. The van der Waals surface area contributed by atoms with Gasteiger partial charge < -0.3 is 9.64 Å². The van der Waals surface area contributed by atoms with Crippen LogP contribution in [0, 0.1) is 0 Å². The van der Waals surface area contributed by atoms with Crippen LogP contribution >= 0.6 is 0 Å². The van der Waals surface area contributed by atoms with Gasteiger partial charge in [-0.1, -0.05) is 32.9 Å². The number of hydrogen-bond donors (Lipinski definition) is 0. The molecule has 1 atom stereocenters. The Hall–Kier alpha value is -1.06. The van der Waals surface area contributed by atoms with Crippen LogP contribution in [0.1, 0.15) is 38.7 Å². The first-order valence-corrected chi connectivity index (χ1v) is 8.40. The van der Waals surface area contributed by atoms with Gasteiger partial charge in [0.25, 0.3) is 0 Å². The van der Waals surface area contributed by atoms with Gasteiger partial charge in [-0.05, 0) is 36.6 Å². The maximum absolute atomic E-state index is 5.88. The van der Waals surface area contributed by atoms with Crippen molar-refractivity contribution in [2.24, 2.45) is 0 Å². The molecule has 1 aromatic carbocycles. The monoisotopic (exact) mass is 290 g/mol. The molecule has 0 aliphatic carbocycles. The topological polar surface area (TPSA) is 15.7 Å². The van der Waals surface area contributed by atoms with E-state index in [9.17, 15) is 0 Å². The van der Waals surface area contributed by atoms with Crippen molar-refractivity contribution in [1.82, 2.24) is 9.80 Å². The molecule has 3 heteroatoms. The molecule has 0 spiro atoms. The molecule has 1 aromatic rings. The van der Waals surface area contributed by atoms with E-state index in [1.807, 2.05) is 0 Å². The van der Waals surface area contributed by atoms with Gasteiger partial charge in [0, 0.05) is 32.7 Å². The SMILES string of the molecule is CC[C@@H](C)c1ccc(OCCN2CCN(CC)CC2)cc1. The Morgan fingerprint density at radius 3 is 2.19 bits per heavy atom. The molecular formula is C18H30N2O. The summed E-state index contributed by atoms with van der Waals surface area (Å²) >= 11 is 0. The van der Waals surface area contributed by atoms with Gasteiger partial charge >= 0.3 is 0 Å². The van der Waals surface area contributed by atoms with Crippen LogP contribution in [-0.2, 0) is 0 Å². The van der Waals surface area contributed by atoms with Crippen molar-refractivity contribution < 1.29 is 4.74 Å². The molecule has 0 aromatic heterocycles. The number of ether oxygens (including phenoxy) is 1. The number of rotatable bonds is 7. The predicted molar refractivity (Wildman–Crippen MR) is 89.2 cm³/mol. The zero-order valence-corrected chi connectivity index (χ0v) is 13.8. The summed E-state index contributed by atoms with van der Waals surface area (Å²) in [4.78, 5) is 5.00. The fourth-order valence-corrected chi connectivity index (χ4v) is 2.75. The van der Waals surface area contributed by atoms with E-state index in [4.69, 9.17) is 4.74 Å². The van der Waals surface area contributed by atoms with Crippen molar-refractivity contribution >= 4 is 0 Å². The van der Waals surface area contributed by atoms with E-state index in [0.29, 0.717) is 5.92 Å². The first kappa shape index (κ1) is 16.3. The van der Waals surface area contributed by atoms with E-state index < -0.39 is 0 Å². The van der Waals surface area contributed by atoms with Gasteiger partial charge in [0.1, 0.15) is 12.4 Å². The molecule has 1 saturated heterocycles. The number of hydrogen-bond acceptors (Lipinski definition) is 3. The van der Waals surface area contributed by atoms with E-state index in [1.165, 1.54) is 44.7 Å². The van der Waals surface area contributed by atoms with Crippen LogP contribution in [-0.4, -0.2) is 55.7 Å². The molecule has 3 nitrogen and oxygen atoms in total. The molecule has 0 radical (unpaired) electrons. The molecule has 0 N–H and O–H groups in total. The highest BCUT2D eigenvalue weighted by Crippen LogP contribution is 2.21. The van der Waals surface area contributed by atoms with Crippen molar-refractivity contribution in [2.45, 2.75) is 33.1 Å². The molecule has 0 amide bonds. The van der Waals surface area contributed by atoms with Crippen LogP contribution in [0.5, 0.6) is 5.75 Å². The van der Waals surface area contributed by atoms with Gasteiger partial charge in [0.05, 0.1) is 0 Å². The van der Waals surface area contributed by atoms with Crippen LogP contribution in [0.25, 0.3) is 0 Å². The second kappa shape index (κ2) is 8.40. The Kier molecular flexibility index (Phi) is 6.52. The maximum atomic E-state index is 5.88. The second-order valence-corrected chi connectivity index (χ2v) is 6.00. The third-order valence-electron chi connectivity index (χ3n) is 4.65. The first-order chi connectivity index (χ1) is 10.2. The molecule has 0 saturated carbocycles. The number of likely N-dealkylation sites (N-methyl/N-ethyl adjacent to an activating group) is 1. The molecule has 1 aliphatic rings. The Labute approximate surface area is 129 Å². The lowest BCUT2D eigenvalue weighted by molar-refractivity contribution is 0.121. The average Bonchev–Trinajstić information content (AvgIpc) is 2.55. The van der Waals surface area contributed by atoms with Crippen molar-refractivity contribution in [3.8, 4) is 5.75 Å². The van der Waals surface area contributed by atoms with E-state index in [0.717, 1.165) is 18.9 Å². The maximum Gasteiger partial charge on any atom is 0.119 e. The van der Waals surface area contributed by atoms with Crippen LogP contribution in [0.2, 0.25) is 0 Å². The van der Waals surface area contributed by atoms with Gasteiger partial charge in [0.2, 0.25) is 0 Å². The van der Waals surface area contributed by atoms with Crippen molar-refractivity contribution in [1.29, 1.82) is 0 Å². The zero-order chi connectivity index (χ0) is 15.1. The molecule has 1 heterocycles. The van der Waals surface area contributed by atoms with E-state index in [2.05, 4.69) is 54.8 Å². The van der Waals surface area contributed by atoms with Gasteiger partial charge in [-0.25, -0.2) is 0 Å². The van der Waals surface area contributed by atoms with Gasteiger partial charge in [-0.2, -0.15) is 0 Å². The van der Waals surface area contributed by atoms with Gasteiger partial charge in [0.15, 0.2) is 0 Å². The minimum atomic E-state index is 0.633. The van der Waals surface area contributed by atoms with Crippen molar-refractivity contribution in [2.75, 3.05) is 45.9 Å². The summed E-state index contributed by atoms with van der Waals surface area (Å²) in [5.74, 6) is 1.63. The lowest BCUT2D eigenvalue weighted by atomic mass is 9.99. The van der Waals surface area contributed by atoms with Gasteiger partial charge in [-0.15, -0.1) is 0 Å². The highest BCUT2D eigenvalue weighted by Gasteiger charge is 2.14. The first-order valence-electron chi connectivity index (χ1n) is 8.40. The third kappa shape index (κ3) is 5.01. The number of piperazine rings is 1. The minimum Gasteiger partial charge on any atom is -0.492 e. The molecule has 2 rings (SSSR count). The van der Waals surface area contributed by atoms with Crippen molar-refractivity contribution in [3.63, 3.8) is 0 Å². The fourth-order valence-electron chi connectivity index (χ4n) is 2.75. The highest BCUT2D eigenvalue weighted by atomic mass is 16.5. The number of nitrogens with zero attached hydrogens (tertiary/aromatic N) is 2. The normalized spacial score (nSPS) is 18.6. The average molecular weight is 290 g/mol. The van der Waals surface area contributed by atoms with E-state index >= 15 is 0 Å². The standard InChI is InChI=1S/C18H30N2O/c1-4-16(3)17-6-8-18(9-7-17)21-15-14-20-12-10-19(5-2)11-13-20/h6-9,16H,4-5,10-15H2,1-3H3/t16-/m1/s1. The molecule has 0 unspecified atom stereocenters. The Bertz CT molecular complexity index is 396.